The third-order valence-electron chi connectivity index (χ3n) is 2.89. The minimum absolute atomic E-state index is 0.000863. The van der Waals surface area contributed by atoms with Crippen LogP contribution in [0.15, 0.2) is 36.4 Å². The summed E-state index contributed by atoms with van der Waals surface area (Å²) in [6.45, 7) is 0. The van der Waals surface area contributed by atoms with Gasteiger partial charge in [-0.25, -0.2) is 4.79 Å². The number of aromatic hydroxyl groups is 1. The summed E-state index contributed by atoms with van der Waals surface area (Å²) in [5, 5.41) is 31.3. The van der Waals surface area contributed by atoms with Crippen LogP contribution in [0.3, 0.4) is 0 Å². The molecule has 2 rings (SSSR count). The van der Waals surface area contributed by atoms with Gasteiger partial charge in [0.15, 0.2) is 0 Å². The van der Waals surface area contributed by atoms with E-state index in [0.29, 0.717) is 0 Å². The monoisotopic (exact) mass is 336 g/mol. The lowest BCUT2D eigenvalue weighted by atomic mass is 10.1. The number of non-ortho nitro benzene ring substituents is 1. The van der Waals surface area contributed by atoms with Crippen molar-refractivity contribution in [2.45, 2.75) is 0 Å². The highest BCUT2D eigenvalue weighted by molar-refractivity contribution is 6.34. The van der Waals surface area contributed by atoms with E-state index in [9.17, 15) is 24.8 Å². The molecule has 0 aromatic heterocycles. The van der Waals surface area contributed by atoms with Crippen molar-refractivity contribution in [1.29, 1.82) is 0 Å². The van der Waals surface area contributed by atoms with Gasteiger partial charge in [0.2, 0.25) is 0 Å². The largest absolute Gasteiger partial charge is 0.507 e. The zero-order valence-electron chi connectivity index (χ0n) is 11.3. The van der Waals surface area contributed by atoms with Gasteiger partial charge in [-0.3, -0.25) is 14.9 Å². The molecule has 0 aliphatic carbocycles. The van der Waals surface area contributed by atoms with Gasteiger partial charge < -0.3 is 15.5 Å². The molecule has 0 fully saturated rings. The smallest absolute Gasteiger partial charge is 0.339 e. The van der Waals surface area contributed by atoms with E-state index < -0.39 is 22.5 Å². The number of hydrogen-bond donors (Lipinski definition) is 3. The summed E-state index contributed by atoms with van der Waals surface area (Å²) in [5.41, 5.74) is -0.419. The summed E-state index contributed by atoms with van der Waals surface area (Å²) in [4.78, 5) is 32.8. The second-order valence-corrected chi connectivity index (χ2v) is 4.82. The Morgan fingerprint density at radius 1 is 1.13 bits per heavy atom. The first-order valence-corrected chi connectivity index (χ1v) is 6.49. The molecule has 0 unspecified atom stereocenters. The normalized spacial score (nSPS) is 10.1. The summed E-state index contributed by atoms with van der Waals surface area (Å²) >= 11 is 5.84. The first-order valence-electron chi connectivity index (χ1n) is 6.11. The molecule has 118 valence electrons. The van der Waals surface area contributed by atoms with Crippen LogP contribution < -0.4 is 5.32 Å². The predicted octanol–water partition coefficient (Wildman–Crippen LogP) is 2.90. The van der Waals surface area contributed by atoms with Crippen molar-refractivity contribution >= 4 is 34.9 Å². The van der Waals surface area contributed by atoms with Crippen LogP contribution in [-0.2, 0) is 0 Å². The molecule has 0 aliphatic rings. The van der Waals surface area contributed by atoms with Gasteiger partial charge in [0.1, 0.15) is 11.3 Å². The fourth-order valence-electron chi connectivity index (χ4n) is 1.79. The highest BCUT2D eigenvalue weighted by Gasteiger charge is 2.16. The zero-order valence-corrected chi connectivity index (χ0v) is 12.1. The number of aromatic carboxylic acids is 1. The maximum absolute atomic E-state index is 12.1. The molecular weight excluding hydrogens is 328 g/mol. The van der Waals surface area contributed by atoms with E-state index in [4.69, 9.17) is 16.7 Å². The Bertz CT molecular complexity index is 821. The lowest BCUT2D eigenvalue weighted by molar-refractivity contribution is -0.384. The van der Waals surface area contributed by atoms with Crippen LogP contribution in [-0.4, -0.2) is 27.0 Å². The molecule has 1 amide bonds. The van der Waals surface area contributed by atoms with Crippen molar-refractivity contribution in [2.24, 2.45) is 0 Å². The molecule has 0 bridgehead atoms. The minimum atomic E-state index is -1.31. The topological polar surface area (TPSA) is 130 Å². The first kappa shape index (κ1) is 16.2. The fourth-order valence-corrected chi connectivity index (χ4v) is 2.05. The molecule has 8 nitrogen and oxygen atoms in total. The summed E-state index contributed by atoms with van der Waals surface area (Å²) in [5.74, 6) is -2.48. The highest BCUT2D eigenvalue weighted by atomic mass is 35.5. The standard InChI is InChI=1S/C14H9ClN2O6/c15-11-6-8(17(22)23)2-4-9(11)13(19)16-7-1-3-10(14(20)21)12(18)5-7/h1-6,18H,(H,16,19)(H,20,21). The van der Waals surface area contributed by atoms with E-state index in [1.807, 2.05) is 0 Å². The number of nitro benzene ring substituents is 1. The molecule has 3 N–H and O–H groups in total. The second-order valence-electron chi connectivity index (χ2n) is 4.41. The van der Waals surface area contributed by atoms with E-state index in [2.05, 4.69) is 5.32 Å². The quantitative estimate of drug-likeness (QED) is 0.581. The number of hydrogen-bond acceptors (Lipinski definition) is 5. The molecular formula is C14H9ClN2O6. The number of rotatable bonds is 4. The number of phenols is 1. The minimum Gasteiger partial charge on any atom is -0.507 e. The van der Waals surface area contributed by atoms with Crippen LogP contribution in [0.4, 0.5) is 11.4 Å². The van der Waals surface area contributed by atoms with Gasteiger partial charge in [-0.2, -0.15) is 0 Å². The number of carbonyl (C=O) groups excluding carboxylic acids is 1. The molecule has 0 aliphatic heterocycles. The van der Waals surface area contributed by atoms with Crippen LogP contribution in [0.1, 0.15) is 20.7 Å². The van der Waals surface area contributed by atoms with Crippen molar-refractivity contribution < 1.29 is 24.7 Å². The summed E-state index contributed by atoms with van der Waals surface area (Å²) in [7, 11) is 0. The average molecular weight is 337 g/mol. The van der Waals surface area contributed by atoms with Crippen LogP contribution in [0.5, 0.6) is 5.75 Å². The van der Waals surface area contributed by atoms with E-state index in [1.54, 1.807) is 0 Å². The van der Waals surface area contributed by atoms with E-state index in [1.165, 1.54) is 12.1 Å². The van der Waals surface area contributed by atoms with E-state index >= 15 is 0 Å². The maximum Gasteiger partial charge on any atom is 0.339 e. The third-order valence-corrected chi connectivity index (χ3v) is 3.21. The Balaban J connectivity index is 2.24. The SMILES string of the molecule is O=C(O)c1ccc(NC(=O)c2ccc([N+](=O)[O-])cc2Cl)cc1O. The average Bonchev–Trinajstić information content (AvgIpc) is 2.46. The highest BCUT2D eigenvalue weighted by Crippen LogP contribution is 2.25. The van der Waals surface area contributed by atoms with Crippen LogP contribution in [0.2, 0.25) is 5.02 Å². The number of halogens is 1. The molecule has 0 radical (unpaired) electrons. The Morgan fingerprint density at radius 2 is 1.78 bits per heavy atom. The van der Waals surface area contributed by atoms with Crippen LogP contribution in [0, 0.1) is 10.1 Å². The third kappa shape index (κ3) is 3.55. The van der Waals surface area contributed by atoms with E-state index in [-0.39, 0.29) is 27.5 Å². The maximum atomic E-state index is 12.1. The molecule has 0 atom stereocenters. The molecule has 2 aromatic rings. The van der Waals surface area contributed by atoms with Crippen molar-refractivity contribution in [3.63, 3.8) is 0 Å². The van der Waals surface area contributed by atoms with Crippen LogP contribution in [0.25, 0.3) is 0 Å². The Morgan fingerprint density at radius 3 is 2.30 bits per heavy atom. The number of carboxylic acids is 1. The van der Waals surface area contributed by atoms with Crippen molar-refractivity contribution in [3.05, 3.63) is 62.7 Å². The van der Waals surface area contributed by atoms with Gasteiger partial charge in [0.05, 0.1) is 15.5 Å². The molecule has 0 spiro atoms. The Labute approximate surface area is 134 Å². The van der Waals surface area contributed by atoms with Crippen molar-refractivity contribution in [1.82, 2.24) is 0 Å². The van der Waals surface area contributed by atoms with E-state index in [0.717, 1.165) is 24.3 Å². The number of nitrogens with zero attached hydrogens (tertiary/aromatic N) is 1. The molecule has 0 saturated heterocycles. The number of anilines is 1. The van der Waals surface area contributed by atoms with Gasteiger partial charge in [0, 0.05) is 23.9 Å². The summed E-state index contributed by atoms with van der Waals surface area (Å²) in [6.07, 6.45) is 0. The van der Waals surface area contributed by atoms with Gasteiger partial charge in [-0.1, -0.05) is 11.6 Å². The lowest BCUT2D eigenvalue weighted by Crippen LogP contribution is -2.12. The molecule has 23 heavy (non-hydrogen) atoms. The van der Waals surface area contributed by atoms with Gasteiger partial charge >= 0.3 is 5.97 Å². The predicted molar refractivity (Wildman–Crippen MR) is 81.1 cm³/mol. The van der Waals surface area contributed by atoms with Gasteiger partial charge in [-0.05, 0) is 18.2 Å². The molecule has 0 heterocycles. The number of carboxylic acid groups (broad SMARTS) is 1. The lowest BCUT2D eigenvalue weighted by Gasteiger charge is -2.08. The van der Waals surface area contributed by atoms with Crippen LogP contribution >= 0.6 is 11.6 Å². The molecule has 0 saturated carbocycles. The summed E-state index contributed by atoms with van der Waals surface area (Å²) < 4.78 is 0. The van der Waals surface area contributed by atoms with Crippen molar-refractivity contribution in [2.75, 3.05) is 5.32 Å². The Kier molecular flexibility index (Phi) is 4.47. The Hall–Kier alpha value is -3.13. The summed E-state index contributed by atoms with van der Waals surface area (Å²) in [6, 6.07) is 6.86. The molecule has 2 aromatic carbocycles. The molecule has 9 heteroatoms. The fraction of sp³-hybridized carbons (Fsp3) is 0. The zero-order chi connectivity index (χ0) is 17.1. The number of carbonyl (C=O) groups is 2. The first-order chi connectivity index (χ1) is 10.8. The number of nitrogens with one attached hydrogen (secondary N) is 1. The number of benzene rings is 2. The van der Waals surface area contributed by atoms with Gasteiger partial charge in [0.25, 0.3) is 11.6 Å². The van der Waals surface area contributed by atoms with Crippen molar-refractivity contribution in [3.8, 4) is 5.75 Å². The van der Waals surface area contributed by atoms with Gasteiger partial charge in [-0.15, -0.1) is 0 Å². The second kappa shape index (κ2) is 6.32. The number of nitro groups is 1. The number of amides is 1.